The number of ether oxygens (including phenoxy) is 1. The van der Waals surface area contributed by atoms with Gasteiger partial charge < -0.3 is 10.1 Å². The van der Waals surface area contributed by atoms with Gasteiger partial charge in [0.05, 0.1) is 18.4 Å². The molecule has 1 amide bonds. The summed E-state index contributed by atoms with van der Waals surface area (Å²) in [6.45, 7) is 4.82. The molecule has 24 heavy (non-hydrogen) atoms. The molecule has 126 valence electrons. The van der Waals surface area contributed by atoms with Gasteiger partial charge in [-0.25, -0.2) is 4.68 Å². The Kier molecular flexibility index (Phi) is 4.64. The summed E-state index contributed by atoms with van der Waals surface area (Å²) in [4.78, 5) is 24.5. The zero-order chi connectivity index (χ0) is 17.1. The second-order valence-electron chi connectivity index (χ2n) is 6.03. The molecule has 6 nitrogen and oxygen atoms in total. The van der Waals surface area contributed by atoms with E-state index in [1.807, 2.05) is 38.1 Å². The minimum atomic E-state index is -0.435. The summed E-state index contributed by atoms with van der Waals surface area (Å²) in [6.07, 6.45) is 2.26. The first-order valence-electron chi connectivity index (χ1n) is 8.21. The number of hydrogen-bond acceptors (Lipinski definition) is 4. The van der Waals surface area contributed by atoms with Crippen molar-refractivity contribution in [2.24, 2.45) is 5.92 Å². The number of benzene rings is 1. The fraction of sp³-hybridized carbons (Fsp3) is 0.389. The lowest BCUT2D eigenvalue weighted by molar-refractivity contribution is 0.0943. The van der Waals surface area contributed by atoms with E-state index in [9.17, 15) is 9.59 Å². The molecule has 2 aromatic rings. The largest absolute Gasteiger partial charge is 0.478 e. The van der Waals surface area contributed by atoms with Gasteiger partial charge in [-0.15, -0.1) is 0 Å². The van der Waals surface area contributed by atoms with Crippen LogP contribution in [0, 0.1) is 12.8 Å². The standard InChI is InChI=1S/C18H21N3O3/c1-3-24-16-10-15(22)17(18(23)19-11-13-6-7-13)20-21(16)14-8-4-12(2)5-9-14/h4-5,8-10,13H,3,6-7,11H2,1-2H3,(H,19,23). The maximum absolute atomic E-state index is 12.3. The van der Waals surface area contributed by atoms with Gasteiger partial charge in [0.25, 0.3) is 5.91 Å². The third-order valence-corrected chi connectivity index (χ3v) is 3.93. The fourth-order valence-electron chi connectivity index (χ4n) is 2.36. The van der Waals surface area contributed by atoms with Gasteiger partial charge in [-0.2, -0.15) is 5.10 Å². The van der Waals surface area contributed by atoms with Crippen LogP contribution in [0.5, 0.6) is 5.88 Å². The Balaban J connectivity index is 1.97. The predicted molar refractivity (Wildman–Crippen MR) is 90.8 cm³/mol. The summed E-state index contributed by atoms with van der Waals surface area (Å²) in [7, 11) is 0. The van der Waals surface area contributed by atoms with Gasteiger partial charge >= 0.3 is 0 Å². The molecule has 1 N–H and O–H groups in total. The van der Waals surface area contributed by atoms with Gasteiger partial charge in [0.15, 0.2) is 5.69 Å². The number of amides is 1. The zero-order valence-corrected chi connectivity index (χ0v) is 13.9. The third-order valence-electron chi connectivity index (χ3n) is 3.93. The number of aryl methyl sites for hydroxylation is 1. The lowest BCUT2D eigenvalue weighted by Crippen LogP contribution is -2.33. The molecule has 1 aliphatic carbocycles. The topological polar surface area (TPSA) is 73.2 Å². The summed E-state index contributed by atoms with van der Waals surface area (Å²) < 4.78 is 7.01. The first-order chi connectivity index (χ1) is 11.6. The highest BCUT2D eigenvalue weighted by atomic mass is 16.5. The minimum absolute atomic E-state index is 0.111. The second-order valence-corrected chi connectivity index (χ2v) is 6.03. The maximum atomic E-state index is 12.3. The van der Waals surface area contributed by atoms with Crippen LogP contribution in [0.15, 0.2) is 35.1 Å². The van der Waals surface area contributed by atoms with E-state index in [1.54, 1.807) is 0 Å². The molecule has 1 heterocycles. The van der Waals surface area contributed by atoms with E-state index in [0.717, 1.165) is 24.1 Å². The van der Waals surface area contributed by atoms with Crippen LogP contribution in [0.4, 0.5) is 0 Å². The number of carbonyl (C=O) groups excluding carboxylic acids is 1. The van der Waals surface area contributed by atoms with Gasteiger partial charge in [0.2, 0.25) is 11.3 Å². The van der Waals surface area contributed by atoms with Gasteiger partial charge in [0.1, 0.15) is 0 Å². The molecule has 0 saturated heterocycles. The Morgan fingerprint density at radius 2 is 2.04 bits per heavy atom. The molecule has 6 heteroatoms. The van der Waals surface area contributed by atoms with E-state index in [1.165, 1.54) is 10.7 Å². The first kappa shape index (κ1) is 16.2. The van der Waals surface area contributed by atoms with Crippen LogP contribution in [0.1, 0.15) is 35.8 Å². The van der Waals surface area contributed by atoms with E-state index < -0.39 is 11.3 Å². The van der Waals surface area contributed by atoms with Crippen molar-refractivity contribution in [3.05, 3.63) is 51.8 Å². The van der Waals surface area contributed by atoms with Crippen molar-refractivity contribution in [2.75, 3.05) is 13.2 Å². The highest BCUT2D eigenvalue weighted by Crippen LogP contribution is 2.27. The number of nitrogens with zero attached hydrogens (tertiary/aromatic N) is 2. The molecule has 3 rings (SSSR count). The quantitative estimate of drug-likeness (QED) is 0.881. The number of carbonyl (C=O) groups is 1. The lowest BCUT2D eigenvalue weighted by atomic mass is 10.2. The second kappa shape index (κ2) is 6.86. The normalized spacial score (nSPS) is 13.6. The van der Waals surface area contributed by atoms with E-state index in [-0.39, 0.29) is 5.69 Å². The van der Waals surface area contributed by atoms with E-state index >= 15 is 0 Å². The van der Waals surface area contributed by atoms with E-state index in [4.69, 9.17) is 4.74 Å². The molecule has 0 radical (unpaired) electrons. The van der Waals surface area contributed by atoms with Crippen LogP contribution in [0.3, 0.4) is 0 Å². The van der Waals surface area contributed by atoms with Crippen molar-refractivity contribution in [2.45, 2.75) is 26.7 Å². The SMILES string of the molecule is CCOc1cc(=O)c(C(=O)NCC2CC2)nn1-c1ccc(C)cc1. The molecule has 1 fully saturated rings. The highest BCUT2D eigenvalue weighted by Gasteiger charge is 2.23. The minimum Gasteiger partial charge on any atom is -0.478 e. The van der Waals surface area contributed by atoms with Crippen LogP contribution in [0.25, 0.3) is 5.69 Å². The third kappa shape index (κ3) is 3.64. The number of aromatic nitrogens is 2. The molecule has 0 aliphatic heterocycles. The summed E-state index contributed by atoms with van der Waals surface area (Å²) in [5, 5.41) is 7.04. The van der Waals surface area contributed by atoms with Crippen molar-refractivity contribution < 1.29 is 9.53 Å². The van der Waals surface area contributed by atoms with Gasteiger partial charge in [0, 0.05) is 6.54 Å². The smallest absolute Gasteiger partial charge is 0.275 e. The molecule has 1 saturated carbocycles. The zero-order valence-electron chi connectivity index (χ0n) is 13.9. The molecule has 1 aromatic carbocycles. The Hall–Kier alpha value is -2.63. The Morgan fingerprint density at radius 3 is 2.67 bits per heavy atom. The Labute approximate surface area is 140 Å². The van der Waals surface area contributed by atoms with Crippen LogP contribution in [0.2, 0.25) is 0 Å². The fourth-order valence-corrected chi connectivity index (χ4v) is 2.36. The van der Waals surface area contributed by atoms with Gasteiger partial charge in [-0.3, -0.25) is 9.59 Å². The molecular formula is C18H21N3O3. The van der Waals surface area contributed by atoms with Crippen molar-refractivity contribution >= 4 is 5.91 Å². The molecule has 0 spiro atoms. The maximum Gasteiger partial charge on any atom is 0.275 e. The lowest BCUT2D eigenvalue weighted by Gasteiger charge is -2.14. The van der Waals surface area contributed by atoms with Crippen LogP contribution < -0.4 is 15.5 Å². The molecule has 0 atom stereocenters. The number of hydrogen-bond donors (Lipinski definition) is 1. The van der Waals surface area contributed by atoms with Gasteiger partial charge in [-0.05, 0) is 44.7 Å². The Bertz CT molecular complexity index is 792. The highest BCUT2D eigenvalue weighted by molar-refractivity contribution is 5.92. The monoisotopic (exact) mass is 327 g/mol. The van der Waals surface area contributed by atoms with Gasteiger partial charge in [-0.1, -0.05) is 17.7 Å². The molecule has 1 aromatic heterocycles. The summed E-state index contributed by atoms with van der Waals surface area (Å²) in [5.41, 5.74) is 1.30. The molecule has 0 bridgehead atoms. The Morgan fingerprint density at radius 1 is 1.33 bits per heavy atom. The number of rotatable bonds is 6. The van der Waals surface area contributed by atoms with Crippen molar-refractivity contribution in [1.29, 1.82) is 0 Å². The average Bonchev–Trinajstić information content (AvgIpc) is 3.38. The summed E-state index contributed by atoms with van der Waals surface area (Å²) in [6, 6.07) is 8.96. The van der Waals surface area contributed by atoms with E-state index in [2.05, 4.69) is 10.4 Å². The van der Waals surface area contributed by atoms with Crippen molar-refractivity contribution in [1.82, 2.24) is 15.1 Å². The van der Waals surface area contributed by atoms with Crippen molar-refractivity contribution in [3.8, 4) is 11.6 Å². The molecule has 1 aliphatic rings. The van der Waals surface area contributed by atoms with E-state index in [0.29, 0.717) is 24.9 Å². The number of nitrogens with one attached hydrogen (secondary N) is 1. The summed E-state index contributed by atoms with van der Waals surface area (Å²) >= 11 is 0. The predicted octanol–water partition coefficient (Wildman–Crippen LogP) is 2.08. The molecular weight excluding hydrogens is 306 g/mol. The molecule has 0 unspecified atom stereocenters. The van der Waals surface area contributed by atoms with Crippen molar-refractivity contribution in [3.63, 3.8) is 0 Å². The first-order valence-corrected chi connectivity index (χ1v) is 8.21. The van der Waals surface area contributed by atoms with Crippen LogP contribution in [-0.4, -0.2) is 28.8 Å². The average molecular weight is 327 g/mol. The van der Waals surface area contributed by atoms with Crippen LogP contribution >= 0.6 is 0 Å². The van der Waals surface area contributed by atoms with Crippen LogP contribution in [-0.2, 0) is 0 Å². The summed E-state index contributed by atoms with van der Waals surface area (Å²) in [5.74, 6) is 0.428.